The monoisotopic (exact) mass is 190 g/mol. The van der Waals surface area contributed by atoms with E-state index in [9.17, 15) is 22.0 Å². The van der Waals surface area contributed by atoms with Gasteiger partial charge in [0.25, 0.3) is 0 Å². The lowest BCUT2D eigenvalue weighted by Crippen LogP contribution is -2.35. The largest absolute Gasteiger partial charge is 0.422 e. The molecule has 1 heterocycles. The number of hydrogen-bond acceptors (Lipinski definition) is 1. The Morgan fingerprint density at radius 1 is 1.17 bits per heavy atom. The van der Waals surface area contributed by atoms with E-state index in [2.05, 4.69) is 4.74 Å². The quantitative estimate of drug-likeness (QED) is 0.577. The van der Waals surface area contributed by atoms with E-state index in [1.807, 2.05) is 0 Å². The summed E-state index contributed by atoms with van der Waals surface area (Å²) in [6, 6.07) is 0. The Labute approximate surface area is 65.5 Å². The van der Waals surface area contributed by atoms with Crippen molar-refractivity contribution in [2.24, 2.45) is 0 Å². The van der Waals surface area contributed by atoms with Crippen molar-refractivity contribution in [3.8, 4) is 0 Å². The van der Waals surface area contributed by atoms with Gasteiger partial charge in [0.15, 0.2) is 0 Å². The van der Waals surface area contributed by atoms with Gasteiger partial charge in [-0.25, -0.2) is 4.39 Å². The van der Waals surface area contributed by atoms with Gasteiger partial charge in [-0.05, 0) is 0 Å². The van der Waals surface area contributed by atoms with Gasteiger partial charge in [0, 0.05) is 6.42 Å². The molecule has 0 amide bonds. The van der Waals surface area contributed by atoms with Gasteiger partial charge in [-0.2, -0.15) is 17.6 Å². The lowest BCUT2D eigenvalue weighted by Gasteiger charge is -2.16. The van der Waals surface area contributed by atoms with E-state index < -0.39 is 30.7 Å². The van der Waals surface area contributed by atoms with Crippen LogP contribution in [0.1, 0.15) is 19.8 Å². The molecule has 0 spiro atoms. The summed E-state index contributed by atoms with van der Waals surface area (Å²) in [6.07, 6.45) is -6.78. The van der Waals surface area contributed by atoms with E-state index in [0.29, 0.717) is 0 Å². The van der Waals surface area contributed by atoms with E-state index in [-0.39, 0.29) is 0 Å². The van der Waals surface area contributed by atoms with Crippen LogP contribution in [0, 0.1) is 0 Å². The van der Waals surface area contributed by atoms with Gasteiger partial charge in [-0.15, -0.1) is 0 Å². The fraction of sp³-hybridized carbons (Fsp3) is 1.00. The highest BCUT2D eigenvalue weighted by Crippen LogP contribution is 2.52. The van der Waals surface area contributed by atoms with Crippen molar-refractivity contribution in [3.63, 3.8) is 0 Å². The van der Waals surface area contributed by atoms with Crippen molar-refractivity contribution < 1.29 is 26.7 Å². The number of halogens is 5. The fourth-order valence-electron chi connectivity index (χ4n) is 0.972. The summed E-state index contributed by atoms with van der Waals surface area (Å²) in [6.45, 7) is 1.16. The second kappa shape index (κ2) is 2.31. The minimum absolute atomic E-state index is 0.516. The number of hydrogen-bond donors (Lipinski definition) is 0. The molecule has 1 fully saturated rings. The molecule has 72 valence electrons. The zero-order valence-electron chi connectivity index (χ0n) is 6.21. The summed E-state index contributed by atoms with van der Waals surface area (Å²) >= 11 is 0. The van der Waals surface area contributed by atoms with Gasteiger partial charge in [-0.3, -0.25) is 4.74 Å². The zero-order chi connectivity index (χ0) is 9.62. The maximum absolute atomic E-state index is 12.9. The first-order valence-electron chi connectivity index (χ1n) is 3.37. The molecule has 0 saturated carbocycles. The summed E-state index contributed by atoms with van der Waals surface area (Å²) in [5.74, 6) is -7.30. The standard InChI is InChI=1S/C6H7F5O/c1-2-4(7)3-5(8,9)6(10,11)12-4/h2-3H2,1H3. The van der Waals surface area contributed by atoms with Crippen LogP contribution in [0.5, 0.6) is 0 Å². The molecule has 0 radical (unpaired) electrons. The van der Waals surface area contributed by atoms with E-state index in [4.69, 9.17) is 0 Å². The second-order valence-electron chi connectivity index (χ2n) is 2.74. The molecule has 1 nitrogen and oxygen atoms in total. The molecule has 1 aliphatic rings. The average molecular weight is 190 g/mol. The molecule has 1 rings (SSSR count). The molecule has 1 aliphatic heterocycles. The lowest BCUT2D eigenvalue weighted by molar-refractivity contribution is -0.336. The smallest absolute Gasteiger partial charge is 0.278 e. The molecular weight excluding hydrogens is 183 g/mol. The topological polar surface area (TPSA) is 9.23 Å². The van der Waals surface area contributed by atoms with Crippen molar-refractivity contribution >= 4 is 0 Å². The first-order chi connectivity index (χ1) is 5.22. The summed E-state index contributed by atoms with van der Waals surface area (Å²) in [7, 11) is 0. The molecule has 0 bridgehead atoms. The fourth-order valence-corrected chi connectivity index (χ4v) is 0.972. The maximum Gasteiger partial charge on any atom is 0.422 e. The average Bonchev–Trinajstić information content (AvgIpc) is 1.99. The Morgan fingerprint density at radius 3 is 1.83 bits per heavy atom. The van der Waals surface area contributed by atoms with Gasteiger partial charge in [0.1, 0.15) is 0 Å². The van der Waals surface area contributed by atoms with Crippen molar-refractivity contribution in [2.45, 2.75) is 37.7 Å². The Morgan fingerprint density at radius 2 is 1.67 bits per heavy atom. The Bertz CT molecular complexity index is 174. The minimum atomic E-state index is -4.68. The van der Waals surface area contributed by atoms with Crippen LogP contribution in [-0.4, -0.2) is 17.9 Å². The molecule has 0 N–H and O–H groups in total. The van der Waals surface area contributed by atoms with Crippen LogP contribution in [0.2, 0.25) is 0 Å². The summed E-state index contributed by atoms with van der Waals surface area (Å²) in [5.41, 5.74) is 0. The van der Waals surface area contributed by atoms with Gasteiger partial charge in [0.2, 0.25) is 5.85 Å². The van der Waals surface area contributed by atoms with Crippen LogP contribution in [0.25, 0.3) is 0 Å². The van der Waals surface area contributed by atoms with Crippen LogP contribution in [0.3, 0.4) is 0 Å². The highest BCUT2D eigenvalue weighted by molar-refractivity contribution is 4.92. The Balaban J connectivity index is 2.88. The first kappa shape index (κ1) is 9.70. The van der Waals surface area contributed by atoms with Gasteiger partial charge in [-0.1, -0.05) is 6.92 Å². The number of rotatable bonds is 1. The molecular formula is C6H7F5O. The summed E-state index contributed by atoms with van der Waals surface area (Å²) < 4.78 is 65.2. The predicted molar refractivity (Wildman–Crippen MR) is 29.7 cm³/mol. The van der Waals surface area contributed by atoms with Gasteiger partial charge >= 0.3 is 12.0 Å². The molecule has 0 aromatic heterocycles. The molecule has 0 aromatic rings. The second-order valence-corrected chi connectivity index (χ2v) is 2.74. The van der Waals surface area contributed by atoms with Crippen molar-refractivity contribution in [1.29, 1.82) is 0 Å². The maximum atomic E-state index is 12.9. The zero-order valence-corrected chi connectivity index (χ0v) is 6.21. The third kappa shape index (κ3) is 1.28. The van der Waals surface area contributed by atoms with Crippen LogP contribution >= 0.6 is 0 Å². The lowest BCUT2D eigenvalue weighted by atomic mass is 10.1. The van der Waals surface area contributed by atoms with Crippen molar-refractivity contribution in [2.75, 3.05) is 0 Å². The molecule has 1 saturated heterocycles. The van der Waals surface area contributed by atoms with Crippen LogP contribution < -0.4 is 0 Å². The highest BCUT2D eigenvalue weighted by atomic mass is 19.3. The Hall–Kier alpha value is -0.390. The normalized spacial score (nSPS) is 38.5. The van der Waals surface area contributed by atoms with Gasteiger partial charge < -0.3 is 0 Å². The first-order valence-corrected chi connectivity index (χ1v) is 3.37. The molecule has 0 aromatic carbocycles. The molecule has 1 atom stereocenters. The molecule has 0 aliphatic carbocycles. The van der Waals surface area contributed by atoms with Gasteiger partial charge in [0.05, 0.1) is 6.42 Å². The molecule has 12 heavy (non-hydrogen) atoms. The molecule has 1 unspecified atom stereocenters. The minimum Gasteiger partial charge on any atom is -0.278 e. The number of alkyl halides is 5. The van der Waals surface area contributed by atoms with E-state index in [1.165, 1.54) is 0 Å². The predicted octanol–water partition coefficient (Wildman–Crippen LogP) is 2.71. The molecule has 6 heteroatoms. The third-order valence-electron chi connectivity index (χ3n) is 1.75. The Kier molecular flexibility index (Phi) is 1.86. The third-order valence-corrected chi connectivity index (χ3v) is 1.75. The van der Waals surface area contributed by atoms with Crippen molar-refractivity contribution in [1.82, 2.24) is 0 Å². The summed E-state index contributed by atoms with van der Waals surface area (Å²) in [5, 5.41) is 0. The summed E-state index contributed by atoms with van der Waals surface area (Å²) in [4.78, 5) is 0. The van der Waals surface area contributed by atoms with Crippen LogP contribution in [-0.2, 0) is 4.74 Å². The van der Waals surface area contributed by atoms with Crippen LogP contribution in [0.4, 0.5) is 22.0 Å². The van der Waals surface area contributed by atoms with E-state index in [0.717, 1.165) is 6.92 Å². The van der Waals surface area contributed by atoms with Crippen LogP contribution in [0.15, 0.2) is 0 Å². The highest BCUT2D eigenvalue weighted by Gasteiger charge is 2.70. The van der Waals surface area contributed by atoms with Crippen molar-refractivity contribution in [3.05, 3.63) is 0 Å². The van der Waals surface area contributed by atoms with E-state index in [1.54, 1.807) is 0 Å². The SMILES string of the molecule is CCC1(F)CC(F)(F)C(F)(F)O1. The number of ether oxygens (including phenoxy) is 1. The van der Waals surface area contributed by atoms with E-state index >= 15 is 0 Å².